The number of carbonyl (C=O) groups is 2. The zero-order valence-corrected chi connectivity index (χ0v) is 19.8. The van der Waals surface area contributed by atoms with Gasteiger partial charge in [0.25, 0.3) is 5.91 Å². The molecule has 0 unspecified atom stereocenters. The fourth-order valence-corrected chi connectivity index (χ4v) is 3.24. The third-order valence-electron chi connectivity index (χ3n) is 4.63. The van der Waals surface area contributed by atoms with Crippen molar-refractivity contribution in [3.05, 3.63) is 75.0 Å². The van der Waals surface area contributed by atoms with Crippen LogP contribution in [0.15, 0.2) is 52.0 Å². The summed E-state index contributed by atoms with van der Waals surface area (Å²) in [4.78, 5) is 24.6. The van der Waals surface area contributed by atoms with Crippen molar-refractivity contribution in [2.75, 3.05) is 7.11 Å². The zero-order valence-electron chi connectivity index (χ0n) is 18.2. The van der Waals surface area contributed by atoms with E-state index in [1.807, 2.05) is 26.8 Å². The molecule has 0 aliphatic heterocycles. The molecule has 1 N–H and O–H groups in total. The van der Waals surface area contributed by atoms with Crippen LogP contribution >= 0.6 is 15.9 Å². The summed E-state index contributed by atoms with van der Waals surface area (Å²) in [6.07, 6.45) is 1.48. The highest BCUT2D eigenvalue weighted by atomic mass is 79.9. The van der Waals surface area contributed by atoms with E-state index in [0.717, 1.165) is 21.4 Å². The normalized spacial score (nSPS) is 10.9. The Morgan fingerprint density at radius 1 is 1.16 bits per heavy atom. The van der Waals surface area contributed by atoms with Crippen molar-refractivity contribution < 1.29 is 19.1 Å². The summed E-state index contributed by atoms with van der Waals surface area (Å²) in [6, 6.07) is 12.1. The van der Waals surface area contributed by atoms with Gasteiger partial charge in [-0.1, -0.05) is 17.7 Å². The minimum atomic E-state index is -0.475. The van der Waals surface area contributed by atoms with E-state index in [0.29, 0.717) is 16.9 Å². The van der Waals surface area contributed by atoms with E-state index in [-0.39, 0.29) is 18.2 Å². The van der Waals surface area contributed by atoms with Gasteiger partial charge in [0, 0.05) is 0 Å². The van der Waals surface area contributed by atoms with Gasteiger partial charge in [-0.3, -0.25) is 9.48 Å². The quantitative estimate of drug-likeness (QED) is 0.230. The van der Waals surface area contributed by atoms with Gasteiger partial charge >= 0.3 is 5.97 Å². The maximum Gasteiger partial charge on any atom is 0.343 e. The minimum Gasteiger partial charge on any atom is -0.493 e. The highest BCUT2D eigenvalue weighted by Crippen LogP contribution is 2.28. The van der Waals surface area contributed by atoms with Crippen LogP contribution in [-0.2, 0) is 11.3 Å². The van der Waals surface area contributed by atoms with Crippen LogP contribution in [0.2, 0.25) is 0 Å². The Bertz CT molecular complexity index is 1190. The van der Waals surface area contributed by atoms with E-state index in [1.54, 1.807) is 41.1 Å². The van der Waals surface area contributed by atoms with Crippen molar-refractivity contribution in [2.24, 2.45) is 5.10 Å². The molecule has 0 radical (unpaired) electrons. The first kappa shape index (κ1) is 23.2. The number of amides is 1. The summed E-state index contributed by atoms with van der Waals surface area (Å²) in [7, 11) is 1.48. The summed E-state index contributed by atoms with van der Waals surface area (Å²) < 4.78 is 13.3. The Labute approximate surface area is 194 Å². The molecule has 0 spiro atoms. The Morgan fingerprint density at radius 2 is 1.94 bits per heavy atom. The molecule has 32 heavy (non-hydrogen) atoms. The van der Waals surface area contributed by atoms with Crippen LogP contribution in [0.1, 0.15) is 32.9 Å². The summed E-state index contributed by atoms with van der Waals surface area (Å²) in [6.45, 7) is 5.69. The van der Waals surface area contributed by atoms with Gasteiger partial charge in [0.1, 0.15) is 6.54 Å². The second-order valence-corrected chi connectivity index (χ2v) is 7.90. The zero-order chi connectivity index (χ0) is 23.3. The number of nitrogens with one attached hydrogen (secondary N) is 1. The number of aryl methyl sites for hydroxylation is 2. The molecule has 0 bridgehead atoms. The molecule has 3 aromatic rings. The number of nitrogens with zero attached hydrogens (tertiary/aromatic N) is 3. The first-order valence-corrected chi connectivity index (χ1v) is 10.6. The molecular weight excluding hydrogens is 476 g/mol. The third kappa shape index (κ3) is 5.61. The lowest BCUT2D eigenvalue weighted by molar-refractivity contribution is -0.121. The average Bonchev–Trinajstić information content (AvgIpc) is 3.01. The van der Waals surface area contributed by atoms with Gasteiger partial charge in [-0.15, -0.1) is 0 Å². The molecule has 3 rings (SSSR count). The van der Waals surface area contributed by atoms with Crippen LogP contribution < -0.4 is 14.9 Å². The van der Waals surface area contributed by atoms with Gasteiger partial charge in [-0.25, -0.2) is 10.2 Å². The SMILES string of the molecule is COc1cc(/C=N/NC(=O)Cn2nc(C)c(Br)c2C)ccc1OC(=O)c1cccc(C)c1. The lowest BCUT2D eigenvalue weighted by Gasteiger charge is -2.10. The van der Waals surface area contributed by atoms with E-state index in [9.17, 15) is 9.59 Å². The van der Waals surface area contributed by atoms with Crippen molar-refractivity contribution in [1.82, 2.24) is 15.2 Å². The highest BCUT2D eigenvalue weighted by molar-refractivity contribution is 9.10. The summed E-state index contributed by atoms with van der Waals surface area (Å²) in [5, 5.41) is 8.28. The number of ether oxygens (including phenoxy) is 2. The molecule has 0 aliphatic carbocycles. The van der Waals surface area contributed by atoms with Gasteiger partial charge in [-0.2, -0.15) is 10.2 Å². The molecule has 1 amide bonds. The standard InChI is InChI=1S/C23H23BrN4O4/c1-14-6-5-7-18(10-14)23(30)32-19-9-8-17(11-20(19)31-4)12-25-26-21(29)13-28-16(3)22(24)15(2)27-28/h5-12H,13H2,1-4H3,(H,26,29)/b25-12+. The maximum absolute atomic E-state index is 12.4. The fourth-order valence-electron chi connectivity index (χ4n) is 2.96. The van der Waals surface area contributed by atoms with Crippen LogP contribution in [0.25, 0.3) is 0 Å². The summed E-state index contributed by atoms with van der Waals surface area (Å²) in [5.41, 5.74) is 6.23. The predicted molar refractivity (Wildman–Crippen MR) is 124 cm³/mol. The maximum atomic E-state index is 12.4. The molecular formula is C23H23BrN4O4. The number of methoxy groups -OCH3 is 1. The van der Waals surface area contributed by atoms with Crippen LogP contribution in [0.5, 0.6) is 11.5 Å². The third-order valence-corrected chi connectivity index (χ3v) is 5.78. The number of esters is 1. The lowest BCUT2D eigenvalue weighted by atomic mass is 10.1. The van der Waals surface area contributed by atoms with E-state index in [4.69, 9.17) is 9.47 Å². The molecule has 0 saturated carbocycles. The molecule has 1 heterocycles. The predicted octanol–water partition coefficient (Wildman–Crippen LogP) is 3.95. The average molecular weight is 499 g/mol. The molecule has 2 aromatic carbocycles. The van der Waals surface area contributed by atoms with Crippen LogP contribution in [-0.4, -0.2) is 35.0 Å². The highest BCUT2D eigenvalue weighted by Gasteiger charge is 2.13. The number of benzene rings is 2. The number of halogens is 1. The number of carbonyl (C=O) groups excluding carboxylic acids is 2. The Morgan fingerprint density at radius 3 is 2.59 bits per heavy atom. The van der Waals surface area contributed by atoms with E-state index in [1.165, 1.54) is 13.3 Å². The molecule has 0 saturated heterocycles. The molecule has 166 valence electrons. The van der Waals surface area contributed by atoms with Gasteiger partial charge in [0.2, 0.25) is 0 Å². The van der Waals surface area contributed by atoms with Crippen LogP contribution in [0.3, 0.4) is 0 Å². The molecule has 0 atom stereocenters. The molecule has 9 heteroatoms. The fraction of sp³-hybridized carbons (Fsp3) is 0.217. The Hall–Kier alpha value is -3.46. The molecule has 0 fully saturated rings. The van der Waals surface area contributed by atoms with Crippen molar-refractivity contribution in [1.29, 1.82) is 0 Å². The van der Waals surface area contributed by atoms with Gasteiger partial charge in [-0.05, 0) is 72.6 Å². The minimum absolute atomic E-state index is 0.0484. The number of aromatic nitrogens is 2. The molecule has 1 aromatic heterocycles. The first-order valence-electron chi connectivity index (χ1n) is 9.76. The topological polar surface area (TPSA) is 94.8 Å². The number of hydrazone groups is 1. The van der Waals surface area contributed by atoms with Crippen molar-refractivity contribution >= 4 is 34.0 Å². The van der Waals surface area contributed by atoms with Gasteiger partial charge in [0.15, 0.2) is 11.5 Å². The van der Waals surface area contributed by atoms with E-state index < -0.39 is 5.97 Å². The summed E-state index contributed by atoms with van der Waals surface area (Å²) >= 11 is 3.44. The molecule has 8 nitrogen and oxygen atoms in total. The molecule has 0 aliphatic rings. The largest absolute Gasteiger partial charge is 0.493 e. The lowest BCUT2D eigenvalue weighted by Crippen LogP contribution is -2.24. The van der Waals surface area contributed by atoms with Crippen molar-refractivity contribution in [3.63, 3.8) is 0 Å². The Kier molecular flexibility index (Phi) is 7.42. The second-order valence-electron chi connectivity index (χ2n) is 7.10. The summed E-state index contributed by atoms with van der Waals surface area (Å²) in [5.74, 6) is -0.129. The number of hydrogen-bond acceptors (Lipinski definition) is 6. The Balaban J connectivity index is 1.63. The number of rotatable bonds is 7. The second kappa shape index (κ2) is 10.2. The number of hydrogen-bond donors (Lipinski definition) is 1. The van der Waals surface area contributed by atoms with Crippen molar-refractivity contribution in [2.45, 2.75) is 27.3 Å². The van der Waals surface area contributed by atoms with Gasteiger partial charge < -0.3 is 9.47 Å². The monoisotopic (exact) mass is 498 g/mol. The first-order chi connectivity index (χ1) is 15.3. The van der Waals surface area contributed by atoms with E-state index in [2.05, 4.69) is 31.6 Å². The van der Waals surface area contributed by atoms with E-state index >= 15 is 0 Å². The van der Waals surface area contributed by atoms with Gasteiger partial charge in [0.05, 0.1) is 34.7 Å². The smallest absolute Gasteiger partial charge is 0.343 e. The van der Waals surface area contributed by atoms with Crippen molar-refractivity contribution in [3.8, 4) is 11.5 Å². The van der Waals surface area contributed by atoms with Crippen LogP contribution in [0.4, 0.5) is 0 Å². The van der Waals surface area contributed by atoms with Crippen LogP contribution in [0, 0.1) is 20.8 Å².